The van der Waals surface area contributed by atoms with Gasteiger partial charge in [-0.1, -0.05) is 6.07 Å². The molecule has 0 aliphatic rings. The minimum absolute atomic E-state index is 0.0173. The molecule has 0 aliphatic heterocycles. The number of aromatic nitrogens is 1. The van der Waals surface area contributed by atoms with Gasteiger partial charge in [0, 0.05) is 25.1 Å². The third-order valence-electron chi connectivity index (χ3n) is 2.90. The van der Waals surface area contributed by atoms with Crippen molar-refractivity contribution in [1.82, 2.24) is 4.98 Å². The van der Waals surface area contributed by atoms with Gasteiger partial charge in [-0.3, -0.25) is 4.98 Å². The average Bonchev–Trinajstić information content (AvgIpc) is 2.47. The Morgan fingerprint density at radius 1 is 1.16 bits per heavy atom. The molecule has 1 heterocycles. The van der Waals surface area contributed by atoms with Crippen LogP contribution in [0, 0.1) is 0 Å². The van der Waals surface area contributed by atoms with Gasteiger partial charge in [0.1, 0.15) is 5.75 Å². The normalized spacial score (nSPS) is 10.5. The minimum Gasteiger partial charge on any atom is -0.497 e. The number of nitrogens with zero attached hydrogens (tertiary/aromatic N) is 1. The Morgan fingerprint density at radius 2 is 2.00 bits per heavy atom. The average molecular weight is 259 g/mol. The molecule has 1 aromatic carbocycles. The molecule has 0 aliphatic carbocycles. The molecule has 2 rings (SSSR count). The standard InChI is InChI=1S/C15H17NO3/c1-18-10-13-6-14(19-2)3-4-15(13)12-5-11(9-17)7-16-8-12/h3-8,17H,9-10H2,1-2H3. The van der Waals surface area contributed by atoms with Crippen molar-refractivity contribution in [2.45, 2.75) is 13.2 Å². The lowest BCUT2D eigenvalue weighted by molar-refractivity contribution is 0.185. The van der Waals surface area contributed by atoms with Crippen LogP contribution in [0.25, 0.3) is 11.1 Å². The van der Waals surface area contributed by atoms with Crippen LogP contribution in [0.1, 0.15) is 11.1 Å². The first-order valence-electron chi connectivity index (χ1n) is 5.99. The number of methoxy groups -OCH3 is 2. The molecule has 0 unspecified atom stereocenters. The molecule has 1 N–H and O–H groups in total. The molecule has 0 saturated heterocycles. The van der Waals surface area contributed by atoms with E-state index in [1.807, 2.05) is 24.3 Å². The van der Waals surface area contributed by atoms with E-state index in [9.17, 15) is 5.11 Å². The van der Waals surface area contributed by atoms with Crippen molar-refractivity contribution in [3.8, 4) is 16.9 Å². The van der Waals surface area contributed by atoms with E-state index in [0.29, 0.717) is 6.61 Å². The van der Waals surface area contributed by atoms with Crippen LogP contribution in [0.15, 0.2) is 36.7 Å². The van der Waals surface area contributed by atoms with Crippen LogP contribution in [0.2, 0.25) is 0 Å². The van der Waals surface area contributed by atoms with Crippen LogP contribution in [-0.4, -0.2) is 24.3 Å². The molecular weight excluding hydrogens is 242 g/mol. The molecular formula is C15H17NO3. The molecule has 1 aromatic heterocycles. The highest BCUT2D eigenvalue weighted by atomic mass is 16.5. The maximum Gasteiger partial charge on any atom is 0.119 e. The number of hydrogen-bond donors (Lipinski definition) is 1. The molecule has 0 atom stereocenters. The molecule has 0 spiro atoms. The van der Waals surface area contributed by atoms with Gasteiger partial charge in [-0.15, -0.1) is 0 Å². The highest BCUT2D eigenvalue weighted by Crippen LogP contribution is 2.28. The number of benzene rings is 1. The van der Waals surface area contributed by atoms with E-state index in [2.05, 4.69) is 4.98 Å². The monoisotopic (exact) mass is 259 g/mol. The van der Waals surface area contributed by atoms with Crippen LogP contribution in [-0.2, 0) is 18.0 Å². The van der Waals surface area contributed by atoms with Gasteiger partial charge in [0.15, 0.2) is 0 Å². The lowest BCUT2D eigenvalue weighted by Gasteiger charge is -2.11. The summed E-state index contributed by atoms with van der Waals surface area (Å²) in [4.78, 5) is 4.14. The van der Waals surface area contributed by atoms with Gasteiger partial charge in [-0.05, 0) is 34.9 Å². The predicted octanol–water partition coefficient (Wildman–Crippen LogP) is 2.40. The second-order valence-electron chi connectivity index (χ2n) is 4.20. The molecule has 0 saturated carbocycles. The largest absolute Gasteiger partial charge is 0.497 e. The summed E-state index contributed by atoms with van der Waals surface area (Å²) in [6.07, 6.45) is 3.43. The summed E-state index contributed by atoms with van der Waals surface area (Å²) >= 11 is 0. The van der Waals surface area contributed by atoms with Gasteiger partial charge in [-0.2, -0.15) is 0 Å². The molecule has 100 valence electrons. The fourth-order valence-electron chi connectivity index (χ4n) is 1.97. The van der Waals surface area contributed by atoms with Gasteiger partial charge in [-0.25, -0.2) is 0 Å². The lowest BCUT2D eigenvalue weighted by atomic mass is 10.00. The number of ether oxygens (including phenoxy) is 2. The summed E-state index contributed by atoms with van der Waals surface area (Å²) in [5.74, 6) is 0.794. The second-order valence-corrected chi connectivity index (χ2v) is 4.20. The van der Waals surface area contributed by atoms with Gasteiger partial charge < -0.3 is 14.6 Å². The van der Waals surface area contributed by atoms with E-state index < -0.39 is 0 Å². The predicted molar refractivity (Wildman–Crippen MR) is 72.9 cm³/mol. The summed E-state index contributed by atoms with van der Waals surface area (Å²) in [6, 6.07) is 7.75. The van der Waals surface area contributed by atoms with Crippen LogP contribution in [0.3, 0.4) is 0 Å². The summed E-state index contributed by atoms with van der Waals surface area (Å²) in [5, 5.41) is 9.18. The SMILES string of the molecule is COCc1cc(OC)ccc1-c1cncc(CO)c1. The number of aliphatic hydroxyl groups excluding tert-OH is 1. The van der Waals surface area contributed by atoms with Crippen molar-refractivity contribution in [2.24, 2.45) is 0 Å². The first-order valence-corrected chi connectivity index (χ1v) is 5.99. The van der Waals surface area contributed by atoms with Gasteiger partial charge >= 0.3 is 0 Å². The van der Waals surface area contributed by atoms with Gasteiger partial charge in [0.2, 0.25) is 0 Å². The van der Waals surface area contributed by atoms with Crippen molar-refractivity contribution in [3.63, 3.8) is 0 Å². The van der Waals surface area contributed by atoms with Crippen LogP contribution in [0.5, 0.6) is 5.75 Å². The van der Waals surface area contributed by atoms with E-state index in [0.717, 1.165) is 28.0 Å². The van der Waals surface area contributed by atoms with Crippen molar-refractivity contribution in [3.05, 3.63) is 47.8 Å². The van der Waals surface area contributed by atoms with Crippen LogP contribution >= 0.6 is 0 Å². The fraction of sp³-hybridized carbons (Fsp3) is 0.267. The van der Waals surface area contributed by atoms with E-state index in [1.54, 1.807) is 26.6 Å². The topological polar surface area (TPSA) is 51.6 Å². The Bertz CT molecular complexity index is 555. The first kappa shape index (κ1) is 13.5. The molecule has 0 radical (unpaired) electrons. The number of hydrogen-bond acceptors (Lipinski definition) is 4. The quantitative estimate of drug-likeness (QED) is 0.895. The lowest BCUT2D eigenvalue weighted by Crippen LogP contribution is -1.95. The third-order valence-corrected chi connectivity index (χ3v) is 2.90. The number of aliphatic hydroxyl groups is 1. The Morgan fingerprint density at radius 3 is 2.68 bits per heavy atom. The molecule has 4 nitrogen and oxygen atoms in total. The highest BCUT2D eigenvalue weighted by molar-refractivity contribution is 5.68. The fourth-order valence-corrected chi connectivity index (χ4v) is 1.97. The van der Waals surface area contributed by atoms with Crippen molar-refractivity contribution in [1.29, 1.82) is 0 Å². The Kier molecular flexibility index (Phi) is 4.49. The molecule has 19 heavy (non-hydrogen) atoms. The summed E-state index contributed by atoms with van der Waals surface area (Å²) in [7, 11) is 3.30. The van der Waals surface area contributed by atoms with Crippen LogP contribution in [0.4, 0.5) is 0 Å². The molecule has 0 bridgehead atoms. The number of pyridine rings is 1. The van der Waals surface area contributed by atoms with Gasteiger partial charge in [0.05, 0.1) is 20.3 Å². The zero-order valence-corrected chi connectivity index (χ0v) is 11.1. The smallest absolute Gasteiger partial charge is 0.119 e. The maximum absolute atomic E-state index is 9.18. The Labute approximate surface area is 112 Å². The highest BCUT2D eigenvalue weighted by Gasteiger charge is 2.08. The maximum atomic E-state index is 9.18. The minimum atomic E-state index is -0.0173. The first-order chi connectivity index (χ1) is 9.28. The summed E-state index contributed by atoms with van der Waals surface area (Å²) < 4.78 is 10.4. The molecule has 2 aromatic rings. The van der Waals surface area contributed by atoms with E-state index in [4.69, 9.17) is 9.47 Å². The summed E-state index contributed by atoms with van der Waals surface area (Å²) in [5.41, 5.74) is 3.81. The number of rotatable bonds is 5. The Balaban J connectivity index is 2.47. The van der Waals surface area contributed by atoms with Gasteiger partial charge in [0.25, 0.3) is 0 Å². The summed E-state index contributed by atoms with van der Waals surface area (Å²) in [6.45, 7) is 0.479. The van der Waals surface area contributed by atoms with E-state index >= 15 is 0 Å². The molecule has 4 heteroatoms. The van der Waals surface area contributed by atoms with Crippen molar-refractivity contribution in [2.75, 3.05) is 14.2 Å². The van der Waals surface area contributed by atoms with E-state index in [-0.39, 0.29) is 6.61 Å². The van der Waals surface area contributed by atoms with Crippen molar-refractivity contribution < 1.29 is 14.6 Å². The molecule has 0 fully saturated rings. The third kappa shape index (κ3) is 3.10. The zero-order chi connectivity index (χ0) is 13.7. The second kappa shape index (κ2) is 6.31. The zero-order valence-electron chi connectivity index (χ0n) is 11.1. The van der Waals surface area contributed by atoms with E-state index in [1.165, 1.54) is 0 Å². The molecule has 0 amide bonds. The Hall–Kier alpha value is -1.91. The van der Waals surface area contributed by atoms with Crippen molar-refractivity contribution >= 4 is 0 Å². The van der Waals surface area contributed by atoms with Crippen LogP contribution < -0.4 is 4.74 Å².